The number of nitrogens with zero attached hydrogens (tertiary/aromatic N) is 2. The van der Waals surface area contributed by atoms with Crippen molar-refractivity contribution in [2.45, 2.75) is 38.8 Å². The second kappa shape index (κ2) is 5.82. The minimum Gasteiger partial charge on any atom is -0.310 e. The van der Waals surface area contributed by atoms with Gasteiger partial charge in [0.1, 0.15) is 0 Å². The number of amides is 1. The quantitative estimate of drug-likeness (QED) is 0.942. The maximum Gasteiger partial charge on any atom is 0.244 e. The molecule has 3 rings (SSSR count). The Morgan fingerprint density at radius 3 is 3.00 bits per heavy atom. The van der Waals surface area contributed by atoms with E-state index in [0.29, 0.717) is 6.04 Å². The van der Waals surface area contributed by atoms with Crippen molar-refractivity contribution in [3.05, 3.63) is 36.7 Å². The van der Waals surface area contributed by atoms with E-state index in [1.54, 1.807) is 6.20 Å². The fourth-order valence-electron chi connectivity index (χ4n) is 3.01. The van der Waals surface area contributed by atoms with Crippen LogP contribution in [-0.4, -0.2) is 29.5 Å². The van der Waals surface area contributed by atoms with Gasteiger partial charge in [0.05, 0.1) is 11.7 Å². The lowest BCUT2D eigenvalue weighted by molar-refractivity contribution is -0.121. The molecule has 4 nitrogen and oxygen atoms in total. The smallest absolute Gasteiger partial charge is 0.244 e. The molecule has 110 valence electrons. The average Bonchev–Trinajstić information content (AvgIpc) is 2.49. The Hall–Kier alpha value is -1.94. The Labute approximate surface area is 125 Å². The van der Waals surface area contributed by atoms with Crippen LogP contribution in [0.5, 0.6) is 0 Å². The number of carbonyl (C=O) groups excluding carboxylic acids is 1. The van der Waals surface area contributed by atoms with Crippen LogP contribution in [0.25, 0.3) is 10.8 Å². The van der Waals surface area contributed by atoms with E-state index in [9.17, 15) is 4.79 Å². The summed E-state index contributed by atoms with van der Waals surface area (Å²) in [6.07, 6.45) is 5.57. The van der Waals surface area contributed by atoms with E-state index in [4.69, 9.17) is 0 Å². The normalized spacial score (nSPS) is 19.5. The molecule has 21 heavy (non-hydrogen) atoms. The van der Waals surface area contributed by atoms with Crippen LogP contribution in [0.15, 0.2) is 36.7 Å². The summed E-state index contributed by atoms with van der Waals surface area (Å²) in [4.78, 5) is 18.8. The van der Waals surface area contributed by atoms with Crippen LogP contribution >= 0.6 is 0 Å². The second-order valence-corrected chi connectivity index (χ2v) is 5.88. The lowest BCUT2D eigenvalue weighted by Crippen LogP contribution is -2.52. The van der Waals surface area contributed by atoms with Gasteiger partial charge in [0, 0.05) is 35.8 Å². The first kappa shape index (κ1) is 14.0. The molecule has 0 aliphatic carbocycles. The Kier molecular flexibility index (Phi) is 3.88. The van der Waals surface area contributed by atoms with Crippen molar-refractivity contribution in [2.75, 3.05) is 11.4 Å². The molecular formula is C17H21N3O. The number of nitrogens with one attached hydrogen (secondary N) is 1. The number of carbonyl (C=O) groups is 1. The van der Waals surface area contributed by atoms with Gasteiger partial charge in [-0.1, -0.05) is 26.0 Å². The minimum absolute atomic E-state index is 0.0733. The van der Waals surface area contributed by atoms with Gasteiger partial charge in [0.25, 0.3) is 0 Å². The van der Waals surface area contributed by atoms with E-state index in [0.717, 1.165) is 35.8 Å². The van der Waals surface area contributed by atoms with Crippen molar-refractivity contribution in [1.29, 1.82) is 0 Å². The van der Waals surface area contributed by atoms with E-state index in [-0.39, 0.29) is 11.9 Å². The van der Waals surface area contributed by atoms with Gasteiger partial charge < -0.3 is 10.2 Å². The topological polar surface area (TPSA) is 45.2 Å². The van der Waals surface area contributed by atoms with Crippen molar-refractivity contribution in [3.8, 4) is 0 Å². The molecule has 2 aromatic rings. The largest absolute Gasteiger partial charge is 0.310 e. The summed E-state index contributed by atoms with van der Waals surface area (Å²) in [5.74, 6) is 0.180. The number of aromatic nitrogens is 1. The summed E-state index contributed by atoms with van der Waals surface area (Å²) in [6, 6.07) is 8.28. The lowest BCUT2D eigenvalue weighted by Gasteiger charge is -2.34. The zero-order valence-electron chi connectivity index (χ0n) is 12.5. The molecule has 0 saturated carbocycles. The van der Waals surface area contributed by atoms with E-state index < -0.39 is 0 Å². The van der Waals surface area contributed by atoms with Crippen molar-refractivity contribution < 1.29 is 4.79 Å². The lowest BCUT2D eigenvalue weighted by atomic mass is 10.0. The first-order valence-corrected chi connectivity index (χ1v) is 7.57. The molecule has 1 aliphatic rings. The predicted octanol–water partition coefficient (Wildman–Crippen LogP) is 2.73. The van der Waals surface area contributed by atoms with Crippen molar-refractivity contribution in [1.82, 2.24) is 10.3 Å². The zero-order chi connectivity index (χ0) is 14.8. The maximum atomic E-state index is 12.8. The molecule has 1 saturated heterocycles. The fraction of sp³-hybridized carbons (Fsp3) is 0.412. The molecule has 0 bridgehead atoms. The van der Waals surface area contributed by atoms with Crippen molar-refractivity contribution >= 4 is 22.4 Å². The van der Waals surface area contributed by atoms with Crippen LogP contribution in [0.4, 0.5) is 5.69 Å². The standard InChI is InChI=1S/C17H21N3O/c1-12(2)19-15-6-4-10-20(17(15)21)16-7-3-5-13-11-18-9-8-14(13)16/h3,5,7-9,11-12,15,19H,4,6,10H2,1-2H3. The number of benzene rings is 1. The third-order valence-electron chi connectivity index (χ3n) is 3.92. The highest BCUT2D eigenvalue weighted by Gasteiger charge is 2.30. The molecule has 1 aromatic carbocycles. The third kappa shape index (κ3) is 2.76. The minimum atomic E-state index is -0.0733. The zero-order valence-corrected chi connectivity index (χ0v) is 12.5. The fourth-order valence-corrected chi connectivity index (χ4v) is 3.01. The maximum absolute atomic E-state index is 12.8. The Balaban J connectivity index is 1.96. The summed E-state index contributed by atoms with van der Waals surface area (Å²) in [6.45, 7) is 4.95. The van der Waals surface area contributed by atoms with Crippen molar-refractivity contribution in [3.63, 3.8) is 0 Å². The molecule has 1 amide bonds. The summed E-state index contributed by atoms with van der Waals surface area (Å²) in [5.41, 5.74) is 0.996. The molecule has 1 atom stereocenters. The first-order valence-electron chi connectivity index (χ1n) is 7.57. The van der Waals surface area contributed by atoms with Crippen LogP contribution < -0.4 is 10.2 Å². The number of hydrogen-bond donors (Lipinski definition) is 1. The highest BCUT2D eigenvalue weighted by Crippen LogP contribution is 2.29. The summed E-state index contributed by atoms with van der Waals surface area (Å²) in [5, 5.41) is 5.54. The molecule has 1 unspecified atom stereocenters. The molecule has 1 aromatic heterocycles. The molecule has 2 heterocycles. The van der Waals surface area contributed by atoms with E-state index in [1.807, 2.05) is 35.4 Å². The molecule has 4 heteroatoms. The van der Waals surface area contributed by atoms with E-state index in [1.165, 1.54) is 0 Å². The molecular weight excluding hydrogens is 262 g/mol. The molecule has 1 fully saturated rings. The van der Waals surface area contributed by atoms with E-state index >= 15 is 0 Å². The van der Waals surface area contributed by atoms with Crippen molar-refractivity contribution in [2.24, 2.45) is 0 Å². The molecule has 0 spiro atoms. The molecule has 1 aliphatic heterocycles. The number of piperidine rings is 1. The number of rotatable bonds is 3. The average molecular weight is 283 g/mol. The van der Waals surface area contributed by atoms with Gasteiger partial charge >= 0.3 is 0 Å². The summed E-state index contributed by atoms with van der Waals surface area (Å²) >= 11 is 0. The second-order valence-electron chi connectivity index (χ2n) is 5.88. The molecule has 0 radical (unpaired) electrons. The number of anilines is 1. The SMILES string of the molecule is CC(C)NC1CCCN(c2cccc3cnccc23)C1=O. The summed E-state index contributed by atoms with van der Waals surface area (Å²) < 4.78 is 0. The van der Waals surface area contributed by atoms with Gasteiger partial charge in [-0.2, -0.15) is 0 Å². The van der Waals surface area contributed by atoms with Crippen LogP contribution in [-0.2, 0) is 4.79 Å². The van der Waals surface area contributed by atoms with Gasteiger partial charge in [0.15, 0.2) is 0 Å². The van der Waals surface area contributed by atoms with Gasteiger partial charge in [-0.25, -0.2) is 0 Å². The summed E-state index contributed by atoms with van der Waals surface area (Å²) in [7, 11) is 0. The highest BCUT2D eigenvalue weighted by atomic mass is 16.2. The Morgan fingerprint density at radius 1 is 1.33 bits per heavy atom. The number of hydrogen-bond acceptors (Lipinski definition) is 3. The molecule has 1 N–H and O–H groups in total. The van der Waals surface area contributed by atoms with E-state index in [2.05, 4.69) is 24.1 Å². The van der Waals surface area contributed by atoms with Gasteiger partial charge in [-0.05, 0) is 25.0 Å². The predicted molar refractivity (Wildman–Crippen MR) is 85.4 cm³/mol. The van der Waals surface area contributed by atoms with Gasteiger partial charge in [0.2, 0.25) is 5.91 Å². The van der Waals surface area contributed by atoms with Gasteiger partial charge in [-0.3, -0.25) is 9.78 Å². The highest BCUT2D eigenvalue weighted by molar-refractivity contribution is 6.05. The van der Waals surface area contributed by atoms with Crippen LogP contribution in [0.3, 0.4) is 0 Å². The Morgan fingerprint density at radius 2 is 2.19 bits per heavy atom. The Bertz CT molecular complexity index is 648. The third-order valence-corrected chi connectivity index (χ3v) is 3.92. The van der Waals surface area contributed by atoms with Crippen LogP contribution in [0.2, 0.25) is 0 Å². The monoisotopic (exact) mass is 283 g/mol. The number of fused-ring (bicyclic) bond motifs is 1. The van der Waals surface area contributed by atoms with Crippen LogP contribution in [0, 0.1) is 0 Å². The first-order chi connectivity index (χ1) is 10.2. The van der Waals surface area contributed by atoms with Gasteiger partial charge in [-0.15, -0.1) is 0 Å². The number of pyridine rings is 1. The van der Waals surface area contributed by atoms with Crippen LogP contribution in [0.1, 0.15) is 26.7 Å².